The highest BCUT2D eigenvalue weighted by atomic mass is 32.2. The molecule has 5 nitrogen and oxygen atoms in total. The van der Waals surface area contributed by atoms with E-state index in [4.69, 9.17) is 0 Å². The van der Waals surface area contributed by atoms with Crippen LogP contribution < -0.4 is 15.5 Å². The third kappa shape index (κ3) is 3.56. The molecular formula is C20H29BN2O3S. The van der Waals surface area contributed by atoms with Crippen LogP contribution in [0, 0.1) is 23.7 Å². The van der Waals surface area contributed by atoms with Crippen molar-refractivity contribution in [3.05, 3.63) is 24.3 Å². The Morgan fingerprint density at radius 2 is 1.59 bits per heavy atom. The Balaban J connectivity index is 1.47. The molecule has 27 heavy (non-hydrogen) atoms. The fourth-order valence-electron chi connectivity index (χ4n) is 5.79. The molecule has 0 unspecified atom stereocenters. The van der Waals surface area contributed by atoms with E-state index in [1.54, 1.807) is 46.0 Å². The number of hydrogen-bond acceptors (Lipinski definition) is 3. The summed E-state index contributed by atoms with van der Waals surface area (Å²) in [5, 5.41) is 3.23. The Bertz CT molecular complexity index is 825. The molecule has 0 radical (unpaired) electrons. The Labute approximate surface area is 163 Å². The van der Waals surface area contributed by atoms with Crippen LogP contribution in [0.25, 0.3) is 0 Å². The van der Waals surface area contributed by atoms with E-state index in [0.29, 0.717) is 17.3 Å². The Morgan fingerprint density at radius 3 is 2.15 bits per heavy atom. The third-order valence-electron chi connectivity index (χ3n) is 6.86. The summed E-state index contributed by atoms with van der Waals surface area (Å²) in [6.45, 7) is 3.29. The summed E-state index contributed by atoms with van der Waals surface area (Å²) in [5.74, 6) is 2.58. The summed E-state index contributed by atoms with van der Waals surface area (Å²) in [6.07, 6.45) is 6.23. The second kappa shape index (κ2) is 6.62. The number of rotatable bonds is 5. The predicted molar refractivity (Wildman–Crippen MR) is 108 cm³/mol. The largest absolute Gasteiger partial charge is 0.351 e. The lowest BCUT2D eigenvalue weighted by Crippen LogP contribution is -2.62. The minimum absolute atomic E-state index is 0.201. The molecular weight excluding hydrogens is 359 g/mol. The highest BCUT2D eigenvalue weighted by Gasteiger charge is 2.49. The highest BCUT2D eigenvalue weighted by Crippen LogP contribution is 2.53. The van der Waals surface area contributed by atoms with Crippen LogP contribution in [-0.4, -0.2) is 33.8 Å². The molecule has 0 spiro atoms. The van der Waals surface area contributed by atoms with Gasteiger partial charge in [0.15, 0.2) is 0 Å². The van der Waals surface area contributed by atoms with Crippen molar-refractivity contribution in [1.82, 2.24) is 10.0 Å². The molecule has 1 amide bonds. The first kappa shape index (κ1) is 19.0. The van der Waals surface area contributed by atoms with Gasteiger partial charge in [0, 0.05) is 6.04 Å². The molecule has 0 saturated heterocycles. The first-order chi connectivity index (χ1) is 12.7. The second-order valence-electron chi connectivity index (χ2n) is 9.43. The fraction of sp³-hybridized carbons (Fsp3) is 0.650. The molecule has 0 aromatic heterocycles. The molecule has 0 heterocycles. The van der Waals surface area contributed by atoms with Gasteiger partial charge in [-0.2, -0.15) is 4.72 Å². The van der Waals surface area contributed by atoms with Crippen molar-refractivity contribution in [3.63, 3.8) is 0 Å². The minimum Gasteiger partial charge on any atom is -0.351 e. The molecule has 4 fully saturated rings. The molecule has 1 aromatic carbocycles. The van der Waals surface area contributed by atoms with Gasteiger partial charge in [0.05, 0.1) is 4.90 Å². The topological polar surface area (TPSA) is 75.3 Å². The maximum absolute atomic E-state index is 13.0. The van der Waals surface area contributed by atoms with Gasteiger partial charge in [-0.1, -0.05) is 23.7 Å². The molecule has 4 aliphatic rings. The summed E-state index contributed by atoms with van der Waals surface area (Å²) < 4.78 is 28.3. The lowest BCUT2D eigenvalue weighted by atomic mass is 9.54. The quantitative estimate of drug-likeness (QED) is 0.738. The fourth-order valence-corrected chi connectivity index (χ4v) is 7.41. The normalized spacial score (nSPS) is 32.4. The average Bonchev–Trinajstić information content (AvgIpc) is 2.56. The van der Waals surface area contributed by atoms with Crippen LogP contribution in [-0.2, 0) is 14.8 Å². The molecule has 7 heteroatoms. The number of carbonyl (C=O) groups is 1. The Morgan fingerprint density at radius 1 is 1.04 bits per heavy atom. The van der Waals surface area contributed by atoms with Crippen LogP contribution >= 0.6 is 0 Å². The molecule has 146 valence electrons. The zero-order chi connectivity index (χ0) is 19.4. The van der Waals surface area contributed by atoms with E-state index in [9.17, 15) is 13.2 Å². The van der Waals surface area contributed by atoms with Crippen molar-refractivity contribution in [1.29, 1.82) is 0 Å². The van der Waals surface area contributed by atoms with Crippen molar-refractivity contribution in [3.8, 4) is 0 Å². The van der Waals surface area contributed by atoms with Crippen LogP contribution in [0.4, 0.5) is 0 Å². The maximum Gasteiger partial charge on any atom is 0.240 e. The molecule has 2 N–H and O–H groups in total. The lowest BCUT2D eigenvalue weighted by Gasteiger charge is -2.54. The maximum atomic E-state index is 13.0. The second-order valence-corrected chi connectivity index (χ2v) is 11.1. The van der Waals surface area contributed by atoms with E-state index in [1.165, 1.54) is 32.1 Å². The van der Waals surface area contributed by atoms with Crippen molar-refractivity contribution < 1.29 is 13.2 Å². The highest BCUT2D eigenvalue weighted by molar-refractivity contribution is 7.89. The summed E-state index contributed by atoms with van der Waals surface area (Å²) in [7, 11) is -2.01. The van der Waals surface area contributed by atoms with Gasteiger partial charge in [-0.05, 0) is 75.7 Å². The van der Waals surface area contributed by atoms with Crippen molar-refractivity contribution in [2.45, 2.75) is 62.4 Å². The van der Waals surface area contributed by atoms with E-state index in [0.717, 1.165) is 11.8 Å². The van der Waals surface area contributed by atoms with Crippen molar-refractivity contribution in [2.24, 2.45) is 23.7 Å². The molecule has 4 aliphatic carbocycles. The molecule has 1 aromatic rings. The SMILES string of the molecule is Bc1ccccc1S(=O)(=O)NC(C)(C)C(=O)NC1C2CC3CC(C2)CC1C3. The molecule has 5 rings (SSSR count). The van der Waals surface area contributed by atoms with E-state index < -0.39 is 15.6 Å². The number of hydrogen-bond donors (Lipinski definition) is 2. The van der Waals surface area contributed by atoms with Crippen molar-refractivity contribution >= 4 is 29.2 Å². The third-order valence-corrected chi connectivity index (χ3v) is 8.68. The molecule has 0 aliphatic heterocycles. The summed E-state index contributed by atoms with van der Waals surface area (Å²) in [5.41, 5.74) is -0.530. The van der Waals surface area contributed by atoms with Gasteiger partial charge in [-0.25, -0.2) is 8.42 Å². The lowest BCUT2D eigenvalue weighted by molar-refractivity contribution is -0.129. The zero-order valence-corrected chi connectivity index (χ0v) is 17.2. The average molecular weight is 388 g/mol. The first-order valence-electron chi connectivity index (χ1n) is 10.1. The Kier molecular flexibility index (Phi) is 4.66. The minimum atomic E-state index is -3.77. The molecule has 4 bridgehead atoms. The number of nitrogens with one attached hydrogen (secondary N) is 2. The van der Waals surface area contributed by atoms with Crippen LogP contribution in [0.15, 0.2) is 29.2 Å². The summed E-state index contributed by atoms with van der Waals surface area (Å²) >= 11 is 0. The van der Waals surface area contributed by atoms with Gasteiger partial charge < -0.3 is 5.32 Å². The monoisotopic (exact) mass is 388 g/mol. The van der Waals surface area contributed by atoms with Gasteiger partial charge in [0.1, 0.15) is 13.4 Å². The number of amides is 1. The van der Waals surface area contributed by atoms with Gasteiger partial charge in [-0.15, -0.1) is 0 Å². The number of benzene rings is 1. The predicted octanol–water partition coefficient (Wildman–Crippen LogP) is 0.943. The molecule has 0 atom stereocenters. The summed E-state index contributed by atoms with van der Waals surface area (Å²) in [6, 6.07) is 7.04. The van der Waals surface area contributed by atoms with Gasteiger partial charge in [-0.3, -0.25) is 4.79 Å². The zero-order valence-electron chi connectivity index (χ0n) is 16.4. The number of carbonyl (C=O) groups excluding carboxylic acids is 1. The van der Waals surface area contributed by atoms with E-state index >= 15 is 0 Å². The van der Waals surface area contributed by atoms with Gasteiger partial charge >= 0.3 is 0 Å². The van der Waals surface area contributed by atoms with Gasteiger partial charge in [0.2, 0.25) is 15.9 Å². The molecule has 4 saturated carbocycles. The van der Waals surface area contributed by atoms with E-state index in [1.807, 2.05) is 0 Å². The standard InChI is InChI=1S/C20H29BN2O3S/c1-20(2,23-27(25,26)17-6-4-3-5-16(17)21)19(24)22-18-14-8-12-7-13(10-14)11-15(18)9-12/h3-6,12-15,18,23H,7-11,21H2,1-2H3,(H,22,24). The number of sulfonamides is 1. The van der Waals surface area contributed by atoms with E-state index in [-0.39, 0.29) is 16.8 Å². The van der Waals surface area contributed by atoms with Crippen LogP contribution in [0.2, 0.25) is 0 Å². The van der Waals surface area contributed by atoms with Gasteiger partial charge in [0.25, 0.3) is 0 Å². The summed E-state index contributed by atoms with van der Waals surface area (Å²) in [4.78, 5) is 13.2. The Hall–Kier alpha value is -1.34. The smallest absolute Gasteiger partial charge is 0.240 e. The van der Waals surface area contributed by atoms with Crippen LogP contribution in [0.3, 0.4) is 0 Å². The first-order valence-corrected chi connectivity index (χ1v) is 11.5. The van der Waals surface area contributed by atoms with E-state index in [2.05, 4.69) is 10.0 Å². The van der Waals surface area contributed by atoms with Crippen LogP contribution in [0.5, 0.6) is 0 Å². The van der Waals surface area contributed by atoms with Crippen molar-refractivity contribution in [2.75, 3.05) is 0 Å². The van der Waals surface area contributed by atoms with Crippen LogP contribution in [0.1, 0.15) is 46.0 Å².